The van der Waals surface area contributed by atoms with Crippen LogP contribution in [0.2, 0.25) is 0 Å². The summed E-state index contributed by atoms with van der Waals surface area (Å²) < 4.78 is 2.83. The number of anilines is 1. The molecule has 0 spiro atoms. The molecule has 0 saturated carbocycles. The van der Waals surface area contributed by atoms with E-state index in [1.807, 2.05) is 17.8 Å². The number of pyridine rings is 1. The van der Waals surface area contributed by atoms with Gasteiger partial charge in [-0.25, -0.2) is 4.98 Å². The first-order chi connectivity index (χ1) is 7.18. The van der Waals surface area contributed by atoms with Gasteiger partial charge in [0.1, 0.15) is 0 Å². The summed E-state index contributed by atoms with van der Waals surface area (Å²) in [6.07, 6.45) is 7.01. The highest BCUT2D eigenvalue weighted by atomic mass is 79.9. The average Bonchev–Trinajstić information content (AvgIpc) is 2.58. The Morgan fingerprint density at radius 2 is 2.27 bits per heavy atom. The van der Waals surface area contributed by atoms with E-state index in [-0.39, 0.29) is 0 Å². The third-order valence-electron chi connectivity index (χ3n) is 1.85. The standard InChI is InChI=1S/C9H9BrN4S/c1-14-3-2-13-9(14)15-8-6(10)4-12-5-7(8)11/h2-5H,11H2,1H3. The fourth-order valence-electron chi connectivity index (χ4n) is 1.09. The van der Waals surface area contributed by atoms with Crippen LogP contribution in [0.25, 0.3) is 0 Å². The molecule has 0 atom stereocenters. The van der Waals surface area contributed by atoms with Gasteiger partial charge >= 0.3 is 0 Å². The first kappa shape index (κ1) is 10.5. The molecule has 0 fully saturated rings. The molecule has 0 bridgehead atoms. The second kappa shape index (κ2) is 4.24. The smallest absolute Gasteiger partial charge is 0.172 e. The van der Waals surface area contributed by atoms with Crippen LogP contribution in [0.3, 0.4) is 0 Å². The normalized spacial score (nSPS) is 10.5. The molecule has 2 heterocycles. The van der Waals surface area contributed by atoms with E-state index < -0.39 is 0 Å². The molecule has 2 N–H and O–H groups in total. The van der Waals surface area contributed by atoms with Crippen LogP contribution in [0.5, 0.6) is 0 Å². The molecule has 2 rings (SSSR count). The zero-order valence-electron chi connectivity index (χ0n) is 8.01. The number of rotatable bonds is 2. The van der Waals surface area contributed by atoms with E-state index in [2.05, 4.69) is 25.9 Å². The second-order valence-electron chi connectivity index (χ2n) is 2.96. The van der Waals surface area contributed by atoms with Crippen molar-refractivity contribution in [2.24, 2.45) is 7.05 Å². The zero-order chi connectivity index (χ0) is 10.8. The predicted octanol–water partition coefficient (Wildman–Crippen LogP) is 2.31. The quantitative estimate of drug-likeness (QED) is 0.920. The molecule has 2 aromatic rings. The highest BCUT2D eigenvalue weighted by Crippen LogP contribution is 2.35. The molecule has 0 aliphatic carbocycles. The number of hydrogen-bond donors (Lipinski definition) is 1. The van der Waals surface area contributed by atoms with E-state index in [9.17, 15) is 0 Å². The van der Waals surface area contributed by atoms with Gasteiger partial charge < -0.3 is 10.3 Å². The molecule has 4 nitrogen and oxygen atoms in total. The summed E-state index contributed by atoms with van der Waals surface area (Å²) in [5, 5.41) is 0.897. The molecule has 15 heavy (non-hydrogen) atoms. The maximum Gasteiger partial charge on any atom is 0.172 e. The third kappa shape index (κ3) is 2.15. The van der Waals surface area contributed by atoms with Crippen LogP contribution in [0.1, 0.15) is 0 Å². The van der Waals surface area contributed by atoms with Gasteiger partial charge in [0.05, 0.1) is 21.3 Å². The summed E-state index contributed by atoms with van der Waals surface area (Å²) >= 11 is 4.93. The van der Waals surface area contributed by atoms with Gasteiger partial charge in [-0.2, -0.15) is 0 Å². The molecule has 0 amide bonds. The summed E-state index contributed by atoms with van der Waals surface area (Å²) in [4.78, 5) is 9.15. The summed E-state index contributed by atoms with van der Waals surface area (Å²) in [6, 6.07) is 0. The minimum atomic E-state index is 0.650. The second-order valence-corrected chi connectivity index (χ2v) is 4.79. The Balaban J connectivity index is 2.36. The number of aromatic nitrogens is 3. The maximum atomic E-state index is 5.84. The minimum absolute atomic E-state index is 0.650. The topological polar surface area (TPSA) is 56.7 Å². The summed E-state index contributed by atoms with van der Waals surface area (Å²) in [7, 11) is 1.95. The number of nitrogens with zero attached hydrogens (tertiary/aromatic N) is 3. The van der Waals surface area contributed by atoms with E-state index in [1.165, 1.54) is 11.8 Å². The van der Waals surface area contributed by atoms with Crippen molar-refractivity contribution >= 4 is 33.4 Å². The van der Waals surface area contributed by atoms with Crippen LogP contribution in [-0.2, 0) is 7.05 Å². The molecule has 2 aromatic heterocycles. The SMILES string of the molecule is Cn1ccnc1Sc1c(N)cncc1Br. The van der Waals surface area contributed by atoms with Crippen molar-refractivity contribution in [3.8, 4) is 0 Å². The van der Waals surface area contributed by atoms with Crippen molar-refractivity contribution < 1.29 is 0 Å². The van der Waals surface area contributed by atoms with Crippen molar-refractivity contribution in [1.82, 2.24) is 14.5 Å². The summed E-state index contributed by atoms with van der Waals surface area (Å²) in [5.41, 5.74) is 6.49. The lowest BCUT2D eigenvalue weighted by atomic mass is 10.4. The van der Waals surface area contributed by atoms with Gasteiger partial charge in [0, 0.05) is 25.6 Å². The third-order valence-corrected chi connectivity index (χ3v) is 3.95. The van der Waals surface area contributed by atoms with Crippen molar-refractivity contribution in [3.05, 3.63) is 29.3 Å². The molecule has 0 aliphatic heterocycles. The van der Waals surface area contributed by atoms with E-state index in [0.29, 0.717) is 5.69 Å². The van der Waals surface area contributed by atoms with Gasteiger partial charge in [-0.15, -0.1) is 0 Å². The zero-order valence-corrected chi connectivity index (χ0v) is 10.4. The van der Waals surface area contributed by atoms with Crippen LogP contribution < -0.4 is 5.73 Å². The van der Waals surface area contributed by atoms with Gasteiger partial charge in [-0.1, -0.05) is 0 Å². The molecule has 0 radical (unpaired) electrons. The Labute approximate surface area is 100 Å². The molecule has 6 heteroatoms. The Hall–Kier alpha value is -1.01. The fourth-order valence-corrected chi connectivity index (χ4v) is 2.50. The van der Waals surface area contributed by atoms with E-state index in [4.69, 9.17) is 5.73 Å². The Morgan fingerprint density at radius 1 is 1.47 bits per heavy atom. The average molecular weight is 285 g/mol. The highest BCUT2D eigenvalue weighted by molar-refractivity contribution is 9.10. The van der Waals surface area contributed by atoms with E-state index in [0.717, 1.165) is 14.5 Å². The van der Waals surface area contributed by atoms with Gasteiger partial charge in [0.25, 0.3) is 0 Å². The first-order valence-corrected chi connectivity index (χ1v) is 5.83. The van der Waals surface area contributed by atoms with Gasteiger partial charge in [-0.3, -0.25) is 4.98 Å². The molecular weight excluding hydrogens is 276 g/mol. The largest absolute Gasteiger partial charge is 0.397 e. The van der Waals surface area contributed by atoms with Crippen LogP contribution in [0.15, 0.2) is 39.3 Å². The molecule has 0 unspecified atom stereocenters. The van der Waals surface area contributed by atoms with Gasteiger partial charge in [-0.05, 0) is 27.7 Å². The van der Waals surface area contributed by atoms with E-state index in [1.54, 1.807) is 18.6 Å². The Morgan fingerprint density at radius 3 is 2.87 bits per heavy atom. The molecule has 0 aromatic carbocycles. The number of hydrogen-bond acceptors (Lipinski definition) is 4. The minimum Gasteiger partial charge on any atom is -0.397 e. The first-order valence-electron chi connectivity index (χ1n) is 4.22. The number of nitrogen functional groups attached to an aromatic ring is 1. The van der Waals surface area contributed by atoms with Crippen molar-refractivity contribution in [2.45, 2.75) is 10.1 Å². The molecule has 0 aliphatic rings. The molecular formula is C9H9BrN4S. The van der Waals surface area contributed by atoms with Crippen LogP contribution in [-0.4, -0.2) is 14.5 Å². The lowest BCUT2D eigenvalue weighted by molar-refractivity contribution is 0.790. The number of nitrogens with two attached hydrogens (primary N) is 1. The van der Waals surface area contributed by atoms with Crippen LogP contribution >= 0.6 is 27.7 Å². The number of imidazole rings is 1. The molecule has 78 valence electrons. The lowest BCUT2D eigenvalue weighted by Gasteiger charge is -2.06. The fraction of sp³-hybridized carbons (Fsp3) is 0.111. The van der Waals surface area contributed by atoms with Gasteiger partial charge in [0.15, 0.2) is 5.16 Å². The lowest BCUT2D eigenvalue weighted by Crippen LogP contribution is -1.94. The van der Waals surface area contributed by atoms with Gasteiger partial charge in [0.2, 0.25) is 0 Å². The molecule has 0 saturated heterocycles. The maximum absolute atomic E-state index is 5.84. The number of halogens is 1. The monoisotopic (exact) mass is 284 g/mol. The van der Waals surface area contributed by atoms with E-state index >= 15 is 0 Å². The Kier molecular flexibility index (Phi) is 2.97. The predicted molar refractivity (Wildman–Crippen MR) is 63.7 cm³/mol. The Bertz CT molecular complexity index is 462. The van der Waals surface area contributed by atoms with Crippen LogP contribution in [0.4, 0.5) is 5.69 Å². The highest BCUT2D eigenvalue weighted by Gasteiger charge is 2.09. The van der Waals surface area contributed by atoms with Crippen molar-refractivity contribution in [1.29, 1.82) is 0 Å². The summed E-state index contributed by atoms with van der Waals surface area (Å²) in [6.45, 7) is 0. The number of aryl methyl sites for hydroxylation is 1. The van der Waals surface area contributed by atoms with Crippen LogP contribution in [0, 0.1) is 0 Å². The summed E-state index contributed by atoms with van der Waals surface area (Å²) in [5.74, 6) is 0. The van der Waals surface area contributed by atoms with Crippen molar-refractivity contribution in [2.75, 3.05) is 5.73 Å². The van der Waals surface area contributed by atoms with Crippen molar-refractivity contribution in [3.63, 3.8) is 0 Å².